The summed E-state index contributed by atoms with van der Waals surface area (Å²) in [5.74, 6) is 0.605. The normalized spacial score (nSPS) is 13.0. The lowest BCUT2D eigenvalue weighted by Gasteiger charge is -2.19. The van der Waals surface area contributed by atoms with Gasteiger partial charge in [0.15, 0.2) is 0 Å². The van der Waals surface area contributed by atoms with Crippen molar-refractivity contribution in [2.24, 2.45) is 0 Å². The van der Waals surface area contributed by atoms with Crippen LogP contribution >= 0.6 is 0 Å². The number of aromatic nitrogens is 1. The molecule has 0 unspecified atom stereocenters. The maximum Gasteiger partial charge on any atom is 0.148 e. The maximum absolute atomic E-state index is 9.05. The van der Waals surface area contributed by atoms with E-state index in [1.807, 2.05) is 6.07 Å². The van der Waals surface area contributed by atoms with Gasteiger partial charge in [0.1, 0.15) is 11.9 Å². The minimum atomic E-state index is 0.554. The minimum absolute atomic E-state index is 0.554. The zero-order valence-corrected chi connectivity index (χ0v) is 10.5. The van der Waals surface area contributed by atoms with Crippen LogP contribution in [0.15, 0.2) is 36.5 Å². The number of nitrogens with one attached hydrogen (secondary N) is 2. The molecule has 0 bridgehead atoms. The van der Waals surface area contributed by atoms with E-state index >= 15 is 0 Å². The number of fused-ring (bicyclic) bond motifs is 1. The quantitative estimate of drug-likeness (QED) is 0.860. The summed E-state index contributed by atoms with van der Waals surface area (Å²) in [5.41, 5.74) is 4.04. The Balaban J connectivity index is 1.89. The van der Waals surface area contributed by atoms with Crippen LogP contribution in [0.2, 0.25) is 0 Å². The summed E-state index contributed by atoms with van der Waals surface area (Å²) in [6.07, 6.45) is 3.93. The molecule has 0 atom stereocenters. The number of nitriles is 1. The summed E-state index contributed by atoms with van der Waals surface area (Å²) >= 11 is 0. The van der Waals surface area contributed by atoms with Gasteiger partial charge in [-0.3, -0.25) is 0 Å². The van der Waals surface area contributed by atoms with Crippen molar-refractivity contribution in [2.75, 3.05) is 17.2 Å². The van der Waals surface area contributed by atoms with E-state index in [0.29, 0.717) is 11.4 Å². The Bertz CT molecular complexity index is 643. The molecule has 0 aliphatic carbocycles. The highest BCUT2D eigenvalue weighted by Crippen LogP contribution is 2.27. The second-order valence-electron chi connectivity index (χ2n) is 4.54. The first-order chi connectivity index (χ1) is 9.36. The van der Waals surface area contributed by atoms with E-state index in [-0.39, 0.29) is 0 Å². The number of anilines is 3. The number of nitrogens with zero attached hydrogens (tertiary/aromatic N) is 2. The standard InChI is InChI=1S/C15H14N4/c16-10-12-4-2-8-18-15(12)19-13-5-6-14-11(9-13)3-1-7-17-14/h2,4-6,8-9,17H,1,3,7H2,(H,18,19). The fourth-order valence-corrected chi connectivity index (χ4v) is 2.28. The third-order valence-electron chi connectivity index (χ3n) is 3.23. The minimum Gasteiger partial charge on any atom is -0.385 e. The van der Waals surface area contributed by atoms with Gasteiger partial charge in [-0.15, -0.1) is 0 Å². The first-order valence-electron chi connectivity index (χ1n) is 6.36. The van der Waals surface area contributed by atoms with Crippen molar-refractivity contribution < 1.29 is 0 Å². The number of hydrogen-bond donors (Lipinski definition) is 2. The zero-order chi connectivity index (χ0) is 13.1. The Morgan fingerprint density at radius 2 is 2.26 bits per heavy atom. The number of aryl methyl sites for hydroxylation is 1. The number of rotatable bonds is 2. The van der Waals surface area contributed by atoms with Gasteiger partial charge < -0.3 is 10.6 Å². The van der Waals surface area contributed by atoms with Crippen LogP contribution in [0, 0.1) is 11.3 Å². The van der Waals surface area contributed by atoms with Gasteiger partial charge in [0.2, 0.25) is 0 Å². The first-order valence-corrected chi connectivity index (χ1v) is 6.36. The van der Waals surface area contributed by atoms with Gasteiger partial charge in [-0.25, -0.2) is 4.98 Å². The highest BCUT2D eigenvalue weighted by Gasteiger charge is 2.09. The van der Waals surface area contributed by atoms with E-state index in [0.717, 1.165) is 25.1 Å². The van der Waals surface area contributed by atoms with Crippen molar-refractivity contribution in [3.63, 3.8) is 0 Å². The number of hydrogen-bond acceptors (Lipinski definition) is 4. The first kappa shape index (κ1) is 11.5. The monoisotopic (exact) mass is 250 g/mol. The number of pyridine rings is 1. The van der Waals surface area contributed by atoms with Gasteiger partial charge in [0.25, 0.3) is 0 Å². The van der Waals surface area contributed by atoms with E-state index in [1.54, 1.807) is 18.3 Å². The lowest BCUT2D eigenvalue weighted by molar-refractivity contribution is 0.830. The second-order valence-corrected chi connectivity index (χ2v) is 4.54. The largest absolute Gasteiger partial charge is 0.385 e. The van der Waals surface area contributed by atoms with Gasteiger partial charge in [-0.05, 0) is 48.7 Å². The van der Waals surface area contributed by atoms with Crippen LogP contribution in [0.4, 0.5) is 17.2 Å². The Hall–Kier alpha value is -2.54. The van der Waals surface area contributed by atoms with Gasteiger partial charge >= 0.3 is 0 Å². The zero-order valence-electron chi connectivity index (χ0n) is 10.5. The van der Waals surface area contributed by atoms with E-state index in [4.69, 9.17) is 5.26 Å². The van der Waals surface area contributed by atoms with Crippen molar-refractivity contribution in [1.29, 1.82) is 5.26 Å². The molecular formula is C15H14N4. The fraction of sp³-hybridized carbons (Fsp3) is 0.200. The molecule has 1 aromatic carbocycles. The van der Waals surface area contributed by atoms with Crippen LogP contribution in [0.1, 0.15) is 17.5 Å². The molecule has 0 saturated carbocycles. The van der Waals surface area contributed by atoms with Crippen molar-refractivity contribution in [3.05, 3.63) is 47.7 Å². The Labute approximate surface area is 112 Å². The van der Waals surface area contributed by atoms with Gasteiger partial charge in [-0.1, -0.05) is 0 Å². The van der Waals surface area contributed by atoms with Crippen LogP contribution < -0.4 is 10.6 Å². The van der Waals surface area contributed by atoms with Crippen LogP contribution in [0.3, 0.4) is 0 Å². The lowest BCUT2D eigenvalue weighted by Crippen LogP contribution is -2.11. The van der Waals surface area contributed by atoms with E-state index in [1.165, 1.54) is 11.3 Å². The molecule has 19 heavy (non-hydrogen) atoms. The molecule has 4 heteroatoms. The molecule has 0 radical (unpaired) electrons. The summed E-state index contributed by atoms with van der Waals surface area (Å²) in [6, 6.07) is 11.9. The van der Waals surface area contributed by atoms with Gasteiger partial charge in [0.05, 0.1) is 5.56 Å². The number of benzene rings is 1. The highest BCUT2D eigenvalue weighted by atomic mass is 15.0. The third-order valence-corrected chi connectivity index (χ3v) is 3.23. The van der Waals surface area contributed by atoms with Crippen LogP contribution in [-0.4, -0.2) is 11.5 Å². The molecule has 0 saturated heterocycles. The van der Waals surface area contributed by atoms with Gasteiger partial charge in [0, 0.05) is 24.1 Å². The predicted octanol–water partition coefficient (Wildman–Crippen LogP) is 3.05. The van der Waals surface area contributed by atoms with Crippen LogP contribution in [0.25, 0.3) is 0 Å². The summed E-state index contributed by atoms with van der Waals surface area (Å²) in [7, 11) is 0. The summed E-state index contributed by atoms with van der Waals surface area (Å²) < 4.78 is 0. The topological polar surface area (TPSA) is 60.7 Å². The molecule has 94 valence electrons. The van der Waals surface area contributed by atoms with E-state index < -0.39 is 0 Å². The Morgan fingerprint density at radius 1 is 1.32 bits per heavy atom. The summed E-state index contributed by atoms with van der Waals surface area (Å²) in [6.45, 7) is 1.04. The average molecular weight is 250 g/mol. The molecule has 2 N–H and O–H groups in total. The van der Waals surface area contributed by atoms with Gasteiger partial charge in [-0.2, -0.15) is 5.26 Å². The van der Waals surface area contributed by atoms with Crippen molar-refractivity contribution in [3.8, 4) is 6.07 Å². The third kappa shape index (κ3) is 2.36. The Morgan fingerprint density at radius 3 is 3.16 bits per heavy atom. The smallest absolute Gasteiger partial charge is 0.148 e. The molecular weight excluding hydrogens is 236 g/mol. The summed E-state index contributed by atoms with van der Waals surface area (Å²) in [4.78, 5) is 4.21. The Kier molecular flexibility index (Phi) is 3.03. The molecule has 2 aromatic rings. The molecule has 0 spiro atoms. The molecule has 0 fully saturated rings. The van der Waals surface area contributed by atoms with Crippen LogP contribution in [-0.2, 0) is 6.42 Å². The van der Waals surface area contributed by atoms with E-state index in [9.17, 15) is 0 Å². The van der Waals surface area contributed by atoms with Crippen LogP contribution in [0.5, 0.6) is 0 Å². The molecule has 1 aromatic heterocycles. The van der Waals surface area contributed by atoms with Crippen molar-refractivity contribution in [1.82, 2.24) is 4.98 Å². The second kappa shape index (κ2) is 4.99. The molecule has 0 amide bonds. The molecule has 2 heterocycles. The van der Waals surface area contributed by atoms with Crippen molar-refractivity contribution >= 4 is 17.2 Å². The SMILES string of the molecule is N#Cc1cccnc1Nc1ccc2c(c1)CCCN2. The molecule has 1 aliphatic rings. The molecule has 3 rings (SSSR count). The maximum atomic E-state index is 9.05. The molecule has 1 aliphatic heterocycles. The van der Waals surface area contributed by atoms with Crippen molar-refractivity contribution in [2.45, 2.75) is 12.8 Å². The predicted molar refractivity (Wildman–Crippen MR) is 75.5 cm³/mol. The summed E-state index contributed by atoms with van der Waals surface area (Å²) in [5, 5.41) is 15.6. The average Bonchev–Trinajstić information content (AvgIpc) is 2.48. The molecule has 4 nitrogen and oxygen atoms in total. The highest BCUT2D eigenvalue weighted by molar-refractivity contribution is 5.67. The fourth-order valence-electron chi connectivity index (χ4n) is 2.28. The lowest BCUT2D eigenvalue weighted by atomic mass is 10.0. The van der Waals surface area contributed by atoms with E-state index in [2.05, 4.69) is 33.8 Å².